The first-order valence-corrected chi connectivity index (χ1v) is 9.45. The maximum atomic E-state index is 12.3. The third kappa shape index (κ3) is 6.80. The molecule has 8 heteroatoms. The van der Waals surface area contributed by atoms with E-state index >= 15 is 0 Å². The average molecular weight is 414 g/mol. The summed E-state index contributed by atoms with van der Waals surface area (Å²) in [5.74, 6) is -0.605. The molecule has 0 spiro atoms. The van der Waals surface area contributed by atoms with Crippen LogP contribution in [-0.4, -0.2) is 56.6 Å². The quantitative estimate of drug-likeness (QED) is 0.598. The van der Waals surface area contributed by atoms with Crippen LogP contribution in [0.3, 0.4) is 0 Å². The SMILES string of the molecule is CCN(Cc1ccccc1)C(=O)COC(=O)CNC(=O)c1cc(OC)cc(OC)c1. The number of carbonyl (C=O) groups excluding carboxylic acids is 3. The van der Waals surface area contributed by atoms with E-state index in [-0.39, 0.29) is 24.6 Å². The molecule has 2 aromatic carbocycles. The van der Waals surface area contributed by atoms with Crippen molar-refractivity contribution >= 4 is 17.8 Å². The molecular formula is C22H26N2O6. The molecule has 0 atom stereocenters. The Balaban J connectivity index is 1.82. The summed E-state index contributed by atoms with van der Waals surface area (Å²) in [5.41, 5.74) is 1.26. The highest BCUT2D eigenvalue weighted by atomic mass is 16.5. The van der Waals surface area contributed by atoms with E-state index in [0.29, 0.717) is 24.6 Å². The number of methoxy groups -OCH3 is 2. The highest BCUT2D eigenvalue weighted by Crippen LogP contribution is 2.22. The minimum absolute atomic E-state index is 0.273. The molecule has 0 aromatic heterocycles. The van der Waals surface area contributed by atoms with Crippen molar-refractivity contribution in [3.05, 3.63) is 59.7 Å². The second kappa shape index (κ2) is 11.5. The smallest absolute Gasteiger partial charge is 0.325 e. The van der Waals surface area contributed by atoms with Crippen LogP contribution in [0.15, 0.2) is 48.5 Å². The number of nitrogens with zero attached hydrogens (tertiary/aromatic N) is 1. The summed E-state index contributed by atoms with van der Waals surface area (Å²) in [7, 11) is 2.95. The van der Waals surface area contributed by atoms with E-state index in [1.807, 2.05) is 37.3 Å². The highest BCUT2D eigenvalue weighted by Gasteiger charge is 2.16. The van der Waals surface area contributed by atoms with Gasteiger partial charge in [0.05, 0.1) is 14.2 Å². The van der Waals surface area contributed by atoms with Crippen LogP contribution in [0.2, 0.25) is 0 Å². The van der Waals surface area contributed by atoms with Gasteiger partial charge in [0.15, 0.2) is 6.61 Å². The molecule has 8 nitrogen and oxygen atoms in total. The Bertz CT molecular complexity index is 847. The van der Waals surface area contributed by atoms with Gasteiger partial charge in [-0.2, -0.15) is 0 Å². The molecule has 0 heterocycles. The molecule has 2 rings (SSSR count). The standard InChI is InChI=1S/C22H26N2O6/c1-4-24(14-16-8-6-5-7-9-16)20(25)15-30-21(26)13-23-22(27)17-10-18(28-2)12-19(11-17)29-3/h5-12H,4,13-15H2,1-3H3,(H,23,27). The number of hydrogen-bond donors (Lipinski definition) is 1. The van der Waals surface area contributed by atoms with Gasteiger partial charge in [-0.1, -0.05) is 30.3 Å². The normalized spacial score (nSPS) is 10.1. The molecule has 2 amide bonds. The molecule has 0 aliphatic rings. The van der Waals surface area contributed by atoms with E-state index in [2.05, 4.69) is 5.32 Å². The van der Waals surface area contributed by atoms with Crippen molar-refractivity contribution < 1.29 is 28.6 Å². The van der Waals surface area contributed by atoms with Gasteiger partial charge in [0.2, 0.25) is 0 Å². The Hall–Kier alpha value is -3.55. The van der Waals surface area contributed by atoms with Crippen molar-refractivity contribution in [2.45, 2.75) is 13.5 Å². The Kier molecular flexibility index (Phi) is 8.68. The largest absolute Gasteiger partial charge is 0.497 e. The van der Waals surface area contributed by atoms with Crippen molar-refractivity contribution in [1.82, 2.24) is 10.2 Å². The molecule has 0 unspecified atom stereocenters. The Labute approximate surface area is 175 Å². The number of benzene rings is 2. The van der Waals surface area contributed by atoms with Crippen LogP contribution in [0.5, 0.6) is 11.5 Å². The van der Waals surface area contributed by atoms with E-state index < -0.39 is 11.9 Å². The fourth-order valence-electron chi connectivity index (χ4n) is 2.66. The molecule has 0 radical (unpaired) electrons. The third-order valence-corrected chi connectivity index (χ3v) is 4.31. The zero-order valence-corrected chi connectivity index (χ0v) is 17.3. The molecule has 0 saturated carbocycles. The first-order chi connectivity index (χ1) is 14.5. The van der Waals surface area contributed by atoms with Gasteiger partial charge < -0.3 is 24.4 Å². The molecule has 1 N–H and O–H groups in total. The van der Waals surface area contributed by atoms with E-state index in [1.165, 1.54) is 26.4 Å². The number of amides is 2. The fourth-order valence-corrected chi connectivity index (χ4v) is 2.66. The first kappa shape index (κ1) is 22.7. The lowest BCUT2D eigenvalue weighted by Gasteiger charge is -2.20. The molecule has 0 saturated heterocycles. The van der Waals surface area contributed by atoms with E-state index in [1.54, 1.807) is 11.0 Å². The number of hydrogen-bond acceptors (Lipinski definition) is 6. The van der Waals surface area contributed by atoms with E-state index in [0.717, 1.165) is 5.56 Å². The lowest BCUT2D eigenvalue weighted by atomic mass is 10.2. The minimum Gasteiger partial charge on any atom is -0.497 e. The second-order valence-electron chi connectivity index (χ2n) is 6.34. The van der Waals surface area contributed by atoms with Crippen LogP contribution < -0.4 is 14.8 Å². The van der Waals surface area contributed by atoms with Crippen LogP contribution in [0, 0.1) is 0 Å². The number of ether oxygens (including phenoxy) is 3. The second-order valence-corrected chi connectivity index (χ2v) is 6.34. The predicted octanol–water partition coefficient (Wildman–Crippen LogP) is 2.03. The lowest BCUT2D eigenvalue weighted by molar-refractivity contribution is -0.151. The summed E-state index contributed by atoms with van der Waals surface area (Å²) in [5, 5.41) is 2.46. The van der Waals surface area contributed by atoms with Gasteiger partial charge in [-0.15, -0.1) is 0 Å². The van der Waals surface area contributed by atoms with Crippen LogP contribution >= 0.6 is 0 Å². The number of esters is 1. The van der Waals surface area contributed by atoms with Crippen LogP contribution in [0.4, 0.5) is 0 Å². The summed E-state index contributed by atoms with van der Waals surface area (Å²) in [4.78, 5) is 38.1. The zero-order chi connectivity index (χ0) is 21.9. The molecule has 0 aliphatic heterocycles. The summed E-state index contributed by atoms with van der Waals surface area (Å²) in [6.45, 7) is 2.02. The van der Waals surface area contributed by atoms with Gasteiger partial charge in [-0.05, 0) is 24.6 Å². The summed E-state index contributed by atoms with van der Waals surface area (Å²) >= 11 is 0. The zero-order valence-electron chi connectivity index (χ0n) is 17.3. The molecule has 0 fully saturated rings. The van der Waals surface area contributed by atoms with Crippen LogP contribution in [-0.2, 0) is 20.9 Å². The van der Waals surface area contributed by atoms with Gasteiger partial charge in [-0.3, -0.25) is 14.4 Å². The Morgan fingerprint density at radius 3 is 2.17 bits per heavy atom. The maximum absolute atomic E-state index is 12.3. The van der Waals surface area contributed by atoms with Crippen LogP contribution in [0.1, 0.15) is 22.8 Å². The average Bonchev–Trinajstić information content (AvgIpc) is 2.79. The third-order valence-electron chi connectivity index (χ3n) is 4.31. The number of carbonyl (C=O) groups is 3. The van der Waals surface area contributed by atoms with E-state index in [9.17, 15) is 14.4 Å². The number of likely N-dealkylation sites (N-methyl/N-ethyl adjacent to an activating group) is 1. The Morgan fingerprint density at radius 2 is 1.60 bits per heavy atom. The van der Waals surface area contributed by atoms with Crippen molar-refractivity contribution in [3.63, 3.8) is 0 Å². The van der Waals surface area contributed by atoms with Crippen molar-refractivity contribution in [2.24, 2.45) is 0 Å². The van der Waals surface area contributed by atoms with Gasteiger partial charge in [0.1, 0.15) is 18.0 Å². The summed E-state index contributed by atoms with van der Waals surface area (Å²) < 4.78 is 15.2. The van der Waals surface area contributed by atoms with Gasteiger partial charge in [-0.25, -0.2) is 0 Å². The van der Waals surface area contributed by atoms with Crippen molar-refractivity contribution in [3.8, 4) is 11.5 Å². The molecule has 160 valence electrons. The highest BCUT2D eigenvalue weighted by molar-refractivity contribution is 5.96. The maximum Gasteiger partial charge on any atom is 0.325 e. The Morgan fingerprint density at radius 1 is 0.967 bits per heavy atom. The van der Waals surface area contributed by atoms with E-state index in [4.69, 9.17) is 14.2 Å². The van der Waals surface area contributed by atoms with Crippen molar-refractivity contribution in [2.75, 3.05) is 33.9 Å². The monoisotopic (exact) mass is 414 g/mol. The molecule has 2 aromatic rings. The number of rotatable bonds is 10. The predicted molar refractivity (Wildman–Crippen MR) is 110 cm³/mol. The minimum atomic E-state index is -0.706. The summed E-state index contributed by atoms with van der Waals surface area (Å²) in [6, 6.07) is 14.2. The van der Waals surface area contributed by atoms with Gasteiger partial charge in [0, 0.05) is 24.7 Å². The first-order valence-electron chi connectivity index (χ1n) is 9.45. The summed E-state index contributed by atoms with van der Waals surface area (Å²) in [6.07, 6.45) is 0. The van der Waals surface area contributed by atoms with Crippen molar-refractivity contribution in [1.29, 1.82) is 0 Å². The fraction of sp³-hybridized carbons (Fsp3) is 0.318. The van der Waals surface area contributed by atoms with Gasteiger partial charge >= 0.3 is 5.97 Å². The molecule has 0 bridgehead atoms. The topological polar surface area (TPSA) is 94.2 Å². The number of nitrogens with one attached hydrogen (secondary N) is 1. The lowest BCUT2D eigenvalue weighted by Crippen LogP contribution is -2.36. The van der Waals surface area contributed by atoms with Gasteiger partial charge in [0.25, 0.3) is 11.8 Å². The molecular weight excluding hydrogens is 388 g/mol. The van der Waals surface area contributed by atoms with Crippen LogP contribution in [0.25, 0.3) is 0 Å². The molecule has 0 aliphatic carbocycles. The molecule has 30 heavy (non-hydrogen) atoms.